The zero-order valence-corrected chi connectivity index (χ0v) is 12.9. The summed E-state index contributed by atoms with van der Waals surface area (Å²) in [6.45, 7) is 0. The maximum Gasteiger partial charge on any atom is 0.142 e. The van der Waals surface area contributed by atoms with Gasteiger partial charge in [-0.1, -0.05) is 45.7 Å². The van der Waals surface area contributed by atoms with Crippen LogP contribution in [0.5, 0.6) is 0 Å². The molecule has 0 bridgehead atoms. The number of hydrogen-bond donors (Lipinski definition) is 0. The topological polar surface area (TPSA) is 0 Å². The molecule has 3 rings (SSSR count). The zero-order chi connectivity index (χ0) is 14.3. The Morgan fingerprint density at radius 1 is 1.00 bits per heavy atom. The number of fused-ring (bicyclic) bond motifs is 1. The van der Waals surface area contributed by atoms with Crippen molar-refractivity contribution in [3.05, 3.63) is 69.2 Å². The largest absolute Gasteiger partial charge is 0.207 e. The third-order valence-corrected chi connectivity index (χ3v) is 5.04. The van der Waals surface area contributed by atoms with Crippen molar-refractivity contribution in [2.45, 2.75) is 24.1 Å². The summed E-state index contributed by atoms with van der Waals surface area (Å²) in [6.07, 6.45) is 3.32. The van der Waals surface area contributed by atoms with Crippen molar-refractivity contribution >= 4 is 27.5 Å². The van der Waals surface area contributed by atoms with E-state index in [4.69, 9.17) is 11.6 Å². The van der Waals surface area contributed by atoms with Gasteiger partial charge in [-0.05, 0) is 48.1 Å². The average Bonchev–Trinajstić information content (AvgIpc) is 2.89. The summed E-state index contributed by atoms with van der Waals surface area (Å²) in [6, 6.07) is 8.30. The van der Waals surface area contributed by atoms with E-state index in [9.17, 15) is 8.78 Å². The molecule has 1 aliphatic carbocycles. The van der Waals surface area contributed by atoms with E-state index in [1.807, 2.05) is 6.07 Å². The van der Waals surface area contributed by atoms with E-state index in [2.05, 4.69) is 28.1 Å². The second-order valence-corrected chi connectivity index (χ2v) is 6.35. The van der Waals surface area contributed by atoms with E-state index in [0.29, 0.717) is 0 Å². The van der Waals surface area contributed by atoms with Gasteiger partial charge in [0.25, 0.3) is 0 Å². The minimum absolute atomic E-state index is 0.195. The first-order chi connectivity index (χ1) is 9.56. The van der Waals surface area contributed by atoms with Crippen LogP contribution in [0.2, 0.25) is 5.02 Å². The highest BCUT2D eigenvalue weighted by molar-refractivity contribution is 9.09. The number of hydrogen-bond acceptors (Lipinski definition) is 0. The fourth-order valence-electron chi connectivity index (χ4n) is 2.66. The Balaban J connectivity index is 2.00. The Morgan fingerprint density at radius 3 is 2.55 bits per heavy atom. The Hall–Kier alpha value is -0.930. The van der Waals surface area contributed by atoms with Gasteiger partial charge in [-0.2, -0.15) is 0 Å². The lowest BCUT2D eigenvalue weighted by atomic mass is 10.00. The summed E-state index contributed by atoms with van der Waals surface area (Å²) in [5.41, 5.74) is 3.87. The van der Waals surface area contributed by atoms with E-state index in [1.165, 1.54) is 11.1 Å². The van der Waals surface area contributed by atoms with Crippen LogP contribution in [0, 0.1) is 11.6 Å². The Morgan fingerprint density at radius 2 is 1.75 bits per heavy atom. The van der Waals surface area contributed by atoms with Crippen LogP contribution in [0.1, 0.15) is 33.5 Å². The summed E-state index contributed by atoms with van der Waals surface area (Å²) in [7, 11) is 0. The molecular formula is C16H12BrClF2. The summed E-state index contributed by atoms with van der Waals surface area (Å²) < 4.78 is 27.5. The minimum atomic E-state index is -0.603. The molecule has 1 atom stereocenters. The molecule has 2 aromatic carbocycles. The van der Waals surface area contributed by atoms with Crippen molar-refractivity contribution in [3.8, 4) is 0 Å². The van der Waals surface area contributed by atoms with Gasteiger partial charge >= 0.3 is 0 Å². The zero-order valence-electron chi connectivity index (χ0n) is 10.6. The van der Waals surface area contributed by atoms with Gasteiger partial charge in [-0.3, -0.25) is 0 Å². The van der Waals surface area contributed by atoms with Crippen LogP contribution < -0.4 is 0 Å². The fourth-order valence-corrected chi connectivity index (χ4v) is 3.45. The molecule has 0 aliphatic heterocycles. The quantitative estimate of drug-likeness (QED) is 0.485. The van der Waals surface area contributed by atoms with E-state index in [0.717, 1.165) is 37.0 Å². The van der Waals surface area contributed by atoms with Crippen LogP contribution in [0.3, 0.4) is 0 Å². The summed E-state index contributed by atoms with van der Waals surface area (Å²) >= 11 is 9.05. The molecule has 104 valence electrons. The summed E-state index contributed by atoms with van der Waals surface area (Å²) in [4.78, 5) is -0.375. The molecule has 0 fully saturated rings. The Bertz CT molecular complexity index is 670. The predicted octanol–water partition coefficient (Wildman–Crippen LogP) is 5.59. The Labute approximate surface area is 129 Å². The number of benzene rings is 2. The normalized spacial score (nSPS) is 15.2. The molecule has 0 amide bonds. The summed E-state index contributed by atoms with van der Waals surface area (Å²) in [5, 5.41) is -0.195. The lowest BCUT2D eigenvalue weighted by Gasteiger charge is -2.14. The molecule has 0 heterocycles. The minimum Gasteiger partial charge on any atom is -0.207 e. The lowest BCUT2D eigenvalue weighted by molar-refractivity contribution is 0.588. The van der Waals surface area contributed by atoms with Gasteiger partial charge in [0.05, 0.1) is 9.85 Å². The van der Waals surface area contributed by atoms with Crippen LogP contribution in [-0.2, 0) is 12.8 Å². The molecule has 2 aromatic rings. The molecule has 0 spiro atoms. The van der Waals surface area contributed by atoms with Crippen molar-refractivity contribution in [3.63, 3.8) is 0 Å². The van der Waals surface area contributed by atoms with Gasteiger partial charge in [0.15, 0.2) is 0 Å². The molecule has 20 heavy (non-hydrogen) atoms. The molecule has 0 nitrogen and oxygen atoms in total. The SMILES string of the molecule is Fc1cc(C(Br)c2ccc3c(c2)CCC3)c(F)cc1Cl. The molecule has 1 unspecified atom stereocenters. The van der Waals surface area contributed by atoms with Crippen LogP contribution in [0.15, 0.2) is 30.3 Å². The number of halogens is 4. The predicted molar refractivity (Wildman–Crippen MR) is 80.6 cm³/mol. The van der Waals surface area contributed by atoms with Gasteiger partial charge in [-0.15, -0.1) is 0 Å². The van der Waals surface area contributed by atoms with Gasteiger partial charge in [0, 0.05) is 5.56 Å². The van der Waals surface area contributed by atoms with Gasteiger partial charge < -0.3 is 0 Å². The number of aryl methyl sites for hydroxylation is 2. The van der Waals surface area contributed by atoms with Crippen LogP contribution >= 0.6 is 27.5 Å². The first kappa shape index (κ1) is 14.0. The van der Waals surface area contributed by atoms with Gasteiger partial charge in [0.2, 0.25) is 0 Å². The highest BCUT2D eigenvalue weighted by Crippen LogP contribution is 2.36. The Kier molecular flexibility index (Phi) is 3.83. The number of rotatable bonds is 2. The van der Waals surface area contributed by atoms with Crippen molar-refractivity contribution < 1.29 is 8.78 Å². The third-order valence-electron chi connectivity index (χ3n) is 3.73. The van der Waals surface area contributed by atoms with Gasteiger partial charge in [-0.25, -0.2) is 8.78 Å². The van der Waals surface area contributed by atoms with Crippen LogP contribution in [0.4, 0.5) is 8.78 Å². The third kappa shape index (κ3) is 2.49. The molecule has 4 heteroatoms. The van der Waals surface area contributed by atoms with E-state index >= 15 is 0 Å². The van der Waals surface area contributed by atoms with E-state index in [1.54, 1.807) is 0 Å². The standard InChI is InChI=1S/C16H12BrClF2/c17-16(12-7-15(20)13(18)8-14(12)19)11-5-4-9-2-1-3-10(9)6-11/h4-8,16H,1-3H2. The maximum atomic E-state index is 14.0. The van der Waals surface area contributed by atoms with Crippen molar-refractivity contribution in [2.24, 2.45) is 0 Å². The van der Waals surface area contributed by atoms with Gasteiger partial charge in [0.1, 0.15) is 11.6 Å². The van der Waals surface area contributed by atoms with E-state index < -0.39 is 11.6 Å². The molecule has 0 saturated carbocycles. The number of alkyl halides is 1. The molecule has 1 aliphatic rings. The highest BCUT2D eigenvalue weighted by Gasteiger charge is 2.19. The van der Waals surface area contributed by atoms with E-state index in [-0.39, 0.29) is 15.4 Å². The fraction of sp³-hybridized carbons (Fsp3) is 0.250. The molecule has 0 N–H and O–H groups in total. The first-order valence-corrected chi connectivity index (χ1v) is 7.76. The highest BCUT2D eigenvalue weighted by atomic mass is 79.9. The maximum absolute atomic E-state index is 14.0. The lowest BCUT2D eigenvalue weighted by Crippen LogP contribution is -1.99. The first-order valence-electron chi connectivity index (χ1n) is 6.46. The van der Waals surface area contributed by atoms with Crippen molar-refractivity contribution in [1.29, 1.82) is 0 Å². The van der Waals surface area contributed by atoms with Crippen LogP contribution in [0.25, 0.3) is 0 Å². The smallest absolute Gasteiger partial charge is 0.142 e. The second kappa shape index (κ2) is 5.45. The molecule has 0 radical (unpaired) electrons. The molecular weight excluding hydrogens is 346 g/mol. The van der Waals surface area contributed by atoms with Crippen molar-refractivity contribution in [1.82, 2.24) is 0 Å². The second-order valence-electron chi connectivity index (χ2n) is 5.03. The van der Waals surface area contributed by atoms with Crippen LogP contribution in [-0.4, -0.2) is 0 Å². The molecule has 0 aromatic heterocycles. The average molecular weight is 358 g/mol. The molecule has 0 saturated heterocycles. The monoisotopic (exact) mass is 356 g/mol. The summed E-state index contributed by atoms with van der Waals surface area (Å²) in [5.74, 6) is -1.10. The van der Waals surface area contributed by atoms with Crippen molar-refractivity contribution in [2.75, 3.05) is 0 Å².